The van der Waals surface area contributed by atoms with E-state index in [1.807, 2.05) is 49.0 Å². The first kappa shape index (κ1) is 12.1. The Balaban J connectivity index is 2.31. The van der Waals surface area contributed by atoms with Crippen LogP contribution in [-0.4, -0.2) is 9.55 Å². The molecule has 2 N–H and O–H groups in total. The van der Waals surface area contributed by atoms with Crippen molar-refractivity contribution >= 4 is 11.6 Å². The summed E-state index contributed by atoms with van der Waals surface area (Å²) in [5.74, 6) is 0.954. The van der Waals surface area contributed by atoms with Crippen molar-refractivity contribution in [2.24, 2.45) is 12.8 Å². The van der Waals surface area contributed by atoms with Crippen molar-refractivity contribution in [1.82, 2.24) is 9.55 Å². The zero-order valence-electron chi connectivity index (χ0n) is 10.0. The Morgan fingerprint density at radius 2 is 2.12 bits per heavy atom. The maximum absolute atomic E-state index is 6.36. The molecule has 0 radical (unpaired) electrons. The lowest BCUT2D eigenvalue weighted by atomic mass is 9.89. The lowest BCUT2D eigenvalue weighted by molar-refractivity contribution is 0.470. The lowest BCUT2D eigenvalue weighted by Gasteiger charge is -2.26. The number of nitrogens with two attached hydrogens (primary N) is 1. The molecule has 2 aromatic rings. The standard InChI is InChI=1S/C13H16ClN3/c1-13(15,9-12-16-7-8-17(12)2)10-5-3-4-6-11(10)14/h3-8H,9,15H2,1-2H3. The van der Waals surface area contributed by atoms with Crippen LogP contribution in [0.2, 0.25) is 5.02 Å². The number of hydrogen-bond acceptors (Lipinski definition) is 2. The number of nitrogens with zero attached hydrogens (tertiary/aromatic N) is 2. The van der Waals surface area contributed by atoms with Crippen LogP contribution in [0.5, 0.6) is 0 Å². The van der Waals surface area contributed by atoms with Crippen LogP contribution in [0.15, 0.2) is 36.7 Å². The second kappa shape index (κ2) is 4.51. The third-order valence-electron chi connectivity index (χ3n) is 2.94. The van der Waals surface area contributed by atoms with Gasteiger partial charge in [-0.2, -0.15) is 0 Å². The number of imidazole rings is 1. The van der Waals surface area contributed by atoms with E-state index in [9.17, 15) is 0 Å². The van der Waals surface area contributed by atoms with Crippen LogP contribution >= 0.6 is 11.6 Å². The van der Waals surface area contributed by atoms with Gasteiger partial charge in [-0.25, -0.2) is 4.98 Å². The minimum Gasteiger partial charge on any atom is -0.338 e. The number of aromatic nitrogens is 2. The second-order valence-corrected chi connectivity index (χ2v) is 4.94. The van der Waals surface area contributed by atoms with Crippen molar-refractivity contribution in [3.63, 3.8) is 0 Å². The molecule has 0 aliphatic heterocycles. The summed E-state index contributed by atoms with van der Waals surface area (Å²) in [4.78, 5) is 4.30. The SMILES string of the molecule is Cn1ccnc1CC(C)(N)c1ccccc1Cl. The van der Waals surface area contributed by atoms with E-state index in [4.69, 9.17) is 17.3 Å². The predicted molar refractivity (Wildman–Crippen MR) is 69.9 cm³/mol. The van der Waals surface area contributed by atoms with E-state index in [0.717, 1.165) is 11.4 Å². The Morgan fingerprint density at radius 3 is 2.71 bits per heavy atom. The second-order valence-electron chi connectivity index (χ2n) is 4.53. The quantitative estimate of drug-likeness (QED) is 0.908. The molecule has 4 heteroatoms. The summed E-state index contributed by atoms with van der Waals surface area (Å²) in [6.45, 7) is 1.98. The zero-order chi connectivity index (χ0) is 12.5. The van der Waals surface area contributed by atoms with E-state index in [0.29, 0.717) is 11.4 Å². The van der Waals surface area contributed by atoms with Gasteiger partial charge in [0.1, 0.15) is 5.82 Å². The van der Waals surface area contributed by atoms with Gasteiger partial charge in [-0.3, -0.25) is 0 Å². The zero-order valence-corrected chi connectivity index (χ0v) is 10.8. The average molecular weight is 250 g/mol. The van der Waals surface area contributed by atoms with E-state index < -0.39 is 5.54 Å². The number of benzene rings is 1. The van der Waals surface area contributed by atoms with Crippen LogP contribution in [0.1, 0.15) is 18.3 Å². The van der Waals surface area contributed by atoms with Crippen molar-refractivity contribution in [1.29, 1.82) is 0 Å². The van der Waals surface area contributed by atoms with Gasteiger partial charge in [-0.05, 0) is 18.6 Å². The molecule has 0 bridgehead atoms. The van der Waals surface area contributed by atoms with Gasteiger partial charge in [0.25, 0.3) is 0 Å². The van der Waals surface area contributed by atoms with Gasteiger partial charge in [-0.15, -0.1) is 0 Å². The van der Waals surface area contributed by atoms with Gasteiger partial charge in [0.15, 0.2) is 0 Å². The number of aryl methyl sites for hydroxylation is 1. The topological polar surface area (TPSA) is 43.8 Å². The van der Waals surface area contributed by atoms with Crippen molar-refractivity contribution < 1.29 is 0 Å². The molecule has 0 amide bonds. The molecule has 90 valence electrons. The largest absolute Gasteiger partial charge is 0.338 e. The molecule has 1 aromatic heterocycles. The average Bonchev–Trinajstić information content (AvgIpc) is 2.64. The van der Waals surface area contributed by atoms with Gasteiger partial charge in [-0.1, -0.05) is 29.8 Å². The fourth-order valence-electron chi connectivity index (χ4n) is 1.91. The molecule has 0 fully saturated rings. The molecule has 3 nitrogen and oxygen atoms in total. The molecule has 0 saturated carbocycles. The first-order valence-corrected chi connectivity index (χ1v) is 5.88. The molecule has 0 saturated heterocycles. The molecular weight excluding hydrogens is 234 g/mol. The highest BCUT2D eigenvalue weighted by atomic mass is 35.5. The first-order chi connectivity index (χ1) is 8.00. The van der Waals surface area contributed by atoms with Crippen molar-refractivity contribution in [2.45, 2.75) is 18.9 Å². The molecule has 1 aromatic carbocycles. The third-order valence-corrected chi connectivity index (χ3v) is 3.27. The summed E-state index contributed by atoms with van der Waals surface area (Å²) < 4.78 is 1.97. The van der Waals surface area contributed by atoms with Crippen molar-refractivity contribution in [2.75, 3.05) is 0 Å². The highest BCUT2D eigenvalue weighted by Crippen LogP contribution is 2.28. The highest BCUT2D eigenvalue weighted by Gasteiger charge is 2.25. The monoisotopic (exact) mass is 249 g/mol. The maximum atomic E-state index is 6.36. The molecule has 1 unspecified atom stereocenters. The third kappa shape index (κ3) is 2.51. The molecule has 1 heterocycles. The molecule has 0 aliphatic rings. The fourth-order valence-corrected chi connectivity index (χ4v) is 2.27. The van der Waals surface area contributed by atoms with Gasteiger partial charge in [0.05, 0.1) is 0 Å². The van der Waals surface area contributed by atoms with Crippen LogP contribution in [0.4, 0.5) is 0 Å². The van der Waals surface area contributed by atoms with Crippen LogP contribution in [0.3, 0.4) is 0 Å². The fraction of sp³-hybridized carbons (Fsp3) is 0.308. The Kier molecular flexibility index (Phi) is 3.22. The molecule has 1 atom stereocenters. The summed E-state index contributed by atoms with van der Waals surface area (Å²) in [5, 5.41) is 0.701. The summed E-state index contributed by atoms with van der Waals surface area (Å²) in [6, 6.07) is 7.68. The molecule has 0 spiro atoms. The Morgan fingerprint density at radius 1 is 1.41 bits per heavy atom. The van der Waals surface area contributed by atoms with Gasteiger partial charge >= 0.3 is 0 Å². The van der Waals surface area contributed by atoms with E-state index in [1.165, 1.54) is 0 Å². The highest BCUT2D eigenvalue weighted by molar-refractivity contribution is 6.31. The van der Waals surface area contributed by atoms with E-state index in [-0.39, 0.29) is 0 Å². The van der Waals surface area contributed by atoms with E-state index >= 15 is 0 Å². The molecule has 2 rings (SSSR count). The Bertz CT molecular complexity index is 517. The van der Waals surface area contributed by atoms with E-state index in [2.05, 4.69) is 4.98 Å². The summed E-state index contributed by atoms with van der Waals surface area (Å²) in [5.41, 5.74) is 6.79. The summed E-state index contributed by atoms with van der Waals surface area (Å²) in [7, 11) is 1.96. The Hall–Kier alpha value is -1.32. The molecule has 17 heavy (non-hydrogen) atoms. The summed E-state index contributed by atoms with van der Waals surface area (Å²) >= 11 is 6.18. The first-order valence-electron chi connectivity index (χ1n) is 5.51. The van der Waals surface area contributed by atoms with Crippen LogP contribution < -0.4 is 5.73 Å². The van der Waals surface area contributed by atoms with Crippen LogP contribution in [-0.2, 0) is 19.0 Å². The van der Waals surface area contributed by atoms with Crippen molar-refractivity contribution in [3.05, 3.63) is 53.1 Å². The smallest absolute Gasteiger partial charge is 0.110 e. The molecule has 0 aliphatic carbocycles. The van der Waals surface area contributed by atoms with Gasteiger partial charge in [0.2, 0.25) is 0 Å². The van der Waals surface area contributed by atoms with Gasteiger partial charge < -0.3 is 10.3 Å². The van der Waals surface area contributed by atoms with E-state index in [1.54, 1.807) is 6.20 Å². The van der Waals surface area contributed by atoms with Crippen LogP contribution in [0.25, 0.3) is 0 Å². The number of halogens is 1. The predicted octanol–water partition coefficient (Wildman–Crippen LogP) is 2.49. The minimum absolute atomic E-state index is 0.516. The number of rotatable bonds is 3. The lowest BCUT2D eigenvalue weighted by Crippen LogP contribution is -2.36. The molecular formula is C13H16ClN3. The summed E-state index contributed by atoms with van der Waals surface area (Å²) in [6.07, 6.45) is 4.34. The van der Waals surface area contributed by atoms with Crippen LogP contribution in [0, 0.1) is 0 Å². The van der Waals surface area contributed by atoms with Crippen molar-refractivity contribution in [3.8, 4) is 0 Å². The Labute approximate surface area is 106 Å². The maximum Gasteiger partial charge on any atom is 0.110 e. The normalized spacial score (nSPS) is 14.6. The number of hydrogen-bond donors (Lipinski definition) is 1. The minimum atomic E-state index is -0.516. The van der Waals surface area contributed by atoms with Gasteiger partial charge in [0, 0.05) is 36.4 Å².